The van der Waals surface area contributed by atoms with Crippen LogP contribution in [-0.4, -0.2) is 30.6 Å². The van der Waals surface area contributed by atoms with Gasteiger partial charge in [0.25, 0.3) is 5.69 Å². The van der Waals surface area contributed by atoms with Crippen LogP contribution in [0, 0.1) is 15.5 Å². The highest BCUT2D eigenvalue weighted by Crippen LogP contribution is 2.49. The Morgan fingerprint density at radius 2 is 2.04 bits per heavy atom. The number of aromatic nitrogens is 3. The molecule has 3 unspecified atom stereocenters. The summed E-state index contributed by atoms with van der Waals surface area (Å²) in [5.74, 6) is -1.55. The summed E-state index contributed by atoms with van der Waals surface area (Å²) in [5, 5.41) is 26.1. The van der Waals surface area contributed by atoms with Gasteiger partial charge in [0.2, 0.25) is 5.79 Å². The molecule has 0 aliphatic carbocycles. The van der Waals surface area contributed by atoms with Crippen LogP contribution in [0.1, 0.15) is 38.4 Å². The highest BCUT2D eigenvalue weighted by Gasteiger charge is 2.58. The van der Waals surface area contributed by atoms with E-state index in [-0.39, 0.29) is 5.69 Å². The van der Waals surface area contributed by atoms with Crippen LogP contribution >= 0.6 is 0 Å². The maximum Gasteiger partial charge on any atom is 0.269 e. The number of rotatable bonds is 3. The van der Waals surface area contributed by atoms with Gasteiger partial charge in [-0.3, -0.25) is 15.0 Å². The largest absolute Gasteiger partial charge is 0.362 e. The first-order valence-corrected chi connectivity index (χ1v) is 7.48. The van der Waals surface area contributed by atoms with Crippen LogP contribution in [0.5, 0.6) is 0 Å². The maximum absolute atomic E-state index is 11.2. The first-order valence-electron chi connectivity index (χ1n) is 7.48. The van der Waals surface area contributed by atoms with Gasteiger partial charge in [-0.05, 0) is 5.56 Å². The lowest BCUT2D eigenvalue weighted by atomic mass is 9.78. The van der Waals surface area contributed by atoms with Crippen molar-refractivity contribution in [2.45, 2.75) is 38.6 Å². The van der Waals surface area contributed by atoms with Crippen molar-refractivity contribution in [3.8, 4) is 0 Å². The van der Waals surface area contributed by atoms with Gasteiger partial charge in [0, 0.05) is 17.5 Å². The molecule has 0 amide bonds. The SMILES string of the molecule is CC(C)(C)C1(O)ONC(c2ccc([N+](=O)[O-])cc2)C1n1cncn1. The van der Waals surface area contributed by atoms with Gasteiger partial charge >= 0.3 is 0 Å². The Balaban J connectivity index is 2.03. The fourth-order valence-electron chi connectivity index (χ4n) is 2.85. The summed E-state index contributed by atoms with van der Waals surface area (Å²) >= 11 is 0. The van der Waals surface area contributed by atoms with Crippen molar-refractivity contribution in [1.29, 1.82) is 0 Å². The third kappa shape index (κ3) is 2.56. The first-order chi connectivity index (χ1) is 11.2. The van der Waals surface area contributed by atoms with Crippen molar-refractivity contribution in [3.63, 3.8) is 0 Å². The average Bonchev–Trinajstić information content (AvgIpc) is 3.14. The monoisotopic (exact) mass is 333 g/mol. The summed E-state index contributed by atoms with van der Waals surface area (Å²) in [4.78, 5) is 19.9. The lowest BCUT2D eigenvalue weighted by Crippen LogP contribution is -2.49. The molecule has 128 valence electrons. The highest BCUT2D eigenvalue weighted by atomic mass is 16.8. The van der Waals surface area contributed by atoms with Gasteiger partial charge < -0.3 is 5.11 Å². The minimum Gasteiger partial charge on any atom is -0.362 e. The van der Waals surface area contributed by atoms with E-state index < -0.39 is 28.2 Å². The highest BCUT2D eigenvalue weighted by molar-refractivity contribution is 5.35. The molecule has 1 aromatic carbocycles. The fraction of sp³-hybridized carbons (Fsp3) is 0.467. The van der Waals surface area contributed by atoms with Gasteiger partial charge in [0.15, 0.2) is 0 Å². The van der Waals surface area contributed by atoms with Crippen LogP contribution < -0.4 is 5.48 Å². The van der Waals surface area contributed by atoms with Gasteiger partial charge in [-0.15, -0.1) is 0 Å². The Kier molecular flexibility index (Phi) is 3.86. The predicted molar refractivity (Wildman–Crippen MR) is 83.5 cm³/mol. The molecule has 2 aromatic rings. The van der Waals surface area contributed by atoms with Crippen LogP contribution in [-0.2, 0) is 4.84 Å². The molecule has 9 nitrogen and oxygen atoms in total. The Morgan fingerprint density at radius 1 is 1.38 bits per heavy atom. The van der Waals surface area contributed by atoms with E-state index in [2.05, 4.69) is 15.6 Å². The molecular weight excluding hydrogens is 314 g/mol. The second-order valence-electron chi connectivity index (χ2n) is 6.81. The molecule has 1 fully saturated rings. The molecule has 1 saturated heterocycles. The third-order valence-corrected chi connectivity index (χ3v) is 4.32. The predicted octanol–water partition coefficient (Wildman–Crippen LogP) is 1.74. The minimum absolute atomic E-state index is 0.000976. The van der Waals surface area contributed by atoms with Crippen LogP contribution in [0.25, 0.3) is 0 Å². The number of nitro benzene ring substituents is 1. The number of benzene rings is 1. The molecular formula is C15H19N5O4. The standard InChI is InChI=1S/C15H19N5O4/c1-14(2,3)15(21)13(19-9-16-8-17-19)12(18-24-15)10-4-6-11(7-5-10)20(22)23/h4-9,12-13,18,21H,1-3H3. The Morgan fingerprint density at radius 3 is 2.54 bits per heavy atom. The lowest BCUT2D eigenvalue weighted by Gasteiger charge is -2.39. The van der Waals surface area contributed by atoms with Gasteiger partial charge in [-0.1, -0.05) is 32.9 Å². The van der Waals surface area contributed by atoms with E-state index in [4.69, 9.17) is 4.84 Å². The fourth-order valence-corrected chi connectivity index (χ4v) is 2.85. The number of nitrogens with one attached hydrogen (secondary N) is 1. The van der Waals surface area contributed by atoms with E-state index in [9.17, 15) is 15.2 Å². The molecule has 1 aliphatic heterocycles. The Labute approximate surface area is 138 Å². The number of nitro groups is 1. The number of hydrogen-bond acceptors (Lipinski definition) is 7. The van der Waals surface area contributed by atoms with Gasteiger partial charge in [0.05, 0.1) is 11.0 Å². The number of aliphatic hydroxyl groups is 1. The summed E-state index contributed by atoms with van der Waals surface area (Å²) in [6, 6.07) is 5.07. The zero-order chi connectivity index (χ0) is 17.5. The van der Waals surface area contributed by atoms with Crippen molar-refractivity contribution in [2.75, 3.05) is 0 Å². The lowest BCUT2D eigenvalue weighted by molar-refractivity contribution is -0.384. The molecule has 2 heterocycles. The molecule has 0 bridgehead atoms. The summed E-state index contributed by atoms with van der Waals surface area (Å²) in [7, 11) is 0. The molecule has 0 spiro atoms. The first kappa shape index (κ1) is 16.5. The zero-order valence-corrected chi connectivity index (χ0v) is 13.6. The van der Waals surface area contributed by atoms with E-state index in [1.165, 1.54) is 29.5 Å². The Hall–Kier alpha value is -2.36. The third-order valence-electron chi connectivity index (χ3n) is 4.32. The number of hydroxylamine groups is 1. The van der Waals surface area contributed by atoms with Crippen molar-refractivity contribution in [2.24, 2.45) is 5.41 Å². The van der Waals surface area contributed by atoms with Gasteiger partial charge in [0.1, 0.15) is 18.7 Å². The molecule has 24 heavy (non-hydrogen) atoms. The van der Waals surface area contributed by atoms with Crippen molar-refractivity contribution in [1.82, 2.24) is 20.2 Å². The summed E-state index contributed by atoms with van der Waals surface area (Å²) < 4.78 is 1.54. The van der Waals surface area contributed by atoms with Crippen LogP contribution in [0.3, 0.4) is 0 Å². The van der Waals surface area contributed by atoms with Crippen molar-refractivity contribution >= 4 is 5.69 Å². The summed E-state index contributed by atoms with van der Waals surface area (Å²) in [5.41, 5.74) is 2.97. The van der Waals surface area contributed by atoms with Gasteiger partial charge in [-0.2, -0.15) is 10.6 Å². The molecule has 2 N–H and O–H groups in total. The second-order valence-corrected chi connectivity index (χ2v) is 6.81. The van der Waals surface area contributed by atoms with Crippen LogP contribution in [0.2, 0.25) is 0 Å². The quantitative estimate of drug-likeness (QED) is 0.649. The van der Waals surface area contributed by atoms with E-state index in [1.54, 1.807) is 12.1 Å². The topological polar surface area (TPSA) is 115 Å². The molecule has 3 atom stereocenters. The van der Waals surface area contributed by atoms with Crippen molar-refractivity contribution in [3.05, 3.63) is 52.6 Å². The molecule has 0 saturated carbocycles. The Bertz CT molecular complexity index is 725. The average molecular weight is 333 g/mol. The normalized spacial score (nSPS) is 27.3. The maximum atomic E-state index is 11.2. The minimum atomic E-state index is -1.55. The molecule has 1 aromatic heterocycles. The van der Waals surface area contributed by atoms with Gasteiger partial charge in [-0.25, -0.2) is 9.67 Å². The van der Waals surface area contributed by atoms with Crippen molar-refractivity contribution < 1.29 is 14.9 Å². The molecule has 9 heteroatoms. The molecule has 3 rings (SSSR count). The molecule has 1 aliphatic rings. The second kappa shape index (κ2) is 5.62. The van der Waals surface area contributed by atoms with Crippen LogP contribution in [0.15, 0.2) is 36.9 Å². The number of non-ortho nitro benzene ring substituents is 1. The smallest absolute Gasteiger partial charge is 0.269 e. The summed E-state index contributed by atoms with van der Waals surface area (Å²) in [6.45, 7) is 5.57. The van der Waals surface area contributed by atoms with E-state index in [0.29, 0.717) is 0 Å². The van der Waals surface area contributed by atoms with Crippen LogP contribution in [0.4, 0.5) is 5.69 Å². The van der Waals surface area contributed by atoms with E-state index in [1.807, 2.05) is 20.8 Å². The molecule has 0 radical (unpaired) electrons. The van der Waals surface area contributed by atoms with E-state index in [0.717, 1.165) is 5.56 Å². The van der Waals surface area contributed by atoms with E-state index >= 15 is 0 Å². The zero-order valence-electron chi connectivity index (χ0n) is 13.6. The summed E-state index contributed by atoms with van der Waals surface area (Å²) in [6.07, 6.45) is 2.89. The number of hydrogen-bond donors (Lipinski definition) is 2. The number of nitrogens with zero attached hydrogens (tertiary/aromatic N) is 4.